The van der Waals surface area contributed by atoms with Gasteiger partial charge in [-0.3, -0.25) is 9.59 Å². The van der Waals surface area contributed by atoms with Crippen molar-refractivity contribution in [3.63, 3.8) is 0 Å². The van der Waals surface area contributed by atoms with Crippen molar-refractivity contribution in [2.24, 2.45) is 5.92 Å². The van der Waals surface area contributed by atoms with Crippen LogP contribution in [0, 0.1) is 5.92 Å². The highest BCUT2D eigenvalue weighted by Crippen LogP contribution is 2.32. The van der Waals surface area contributed by atoms with Gasteiger partial charge in [-0.25, -0.2) is 4.98 Å². The van der Waals surface area contributed by atoms with Gasteiger partial charge in [0.15, 0.2) is 0 Å². The van der Waals surface area contributed by atoms with Gasteiger partial charge in [0.25, 0.3) is 5.56 Å². The van der Waals surface area contributed by atoms with Gasteiger partial charge in [-0.2, -0.15) is 0 Å². The Morgan fingerprint density at radius 2 is 2.33 bits per heavy atom. The normalized spacial score (nSPS) is 15.2. The summed E-state index contributed by atoms with van der Waals surface area (Å²) in [7, 11) is 0. The fourth-order valence-electron chi connectivity index (χ4n) is 1.58. The second kappa shape index (κ2) is 3.84. The smallest absolute Gasteiger partial charge is 0.309 e. The summed E-state index contributed by atoms with van der Waals surface area (Å²) in [4.78, 5) is 28.5. The first-order chi connectivity index (χ1) is 7.16. The molecule has 5 nitrogen and oxygen atoms in total. The van der Waals surface area contributed by atoms with Gasteiger partial charge in [-0.1, -0.05) is 0 Å². The van der Waals surface area contributed by atoms with Crippen molar-refractivity contribution in [2.45, 2.75) is 25.7 Å². The highest BCUT2D eigenvalue weighted by atomic mass is 16.4. The van der Waals surface area contributed by atoms with Gasteiger partial charge in [0.05, 0.1) is 18.4 Å². The molecule has 0 aromatic carbocycles. The zero-order chi connectivity index (χ0) is 10.8. The molecule has 0 bridgehead atoms. The van der Waals surface area contributed by atoms with Crippen LogP contribution in [0.3, 0.4) is 0 Å². The first kappa shape index (κ1) is 9.89. The highest BCUT2D eigenvalue weighted by molar-refractivity contribution is 5.69. The zero-order valence-corrected chi connectivity index (χ0v) is 8.19. The molecule has 2 rings (SSSR count). The summed E-state index contributed by atoms with van der Waals surface area (Å²) in [5.41, 5.74) is 0.744. The van der Waals surface area contributed by atoms with Crippen LogP contribution in [0.1, 0.15) is 24.1 Å². The molecule has 1 heterocycles. The molecule has 1 fully saturated rings. The molecule has 0 spiro atoms. The number of hydrogen-bond donors (Lipinski definition) is 2. The lowest BCUT2D eigenvalue weighted by molar-refractivity contribution is -0.136. The predicted molar refractivity (Wildman–Crippen MR) is 52.6 cm³/mol. The summed E-state index contributed by atoms with van der Waals surface area (Å²) in [6.45, 7) is 0. The van der Waals surface area contributed by atoms with E-state index in [1.54, 1.807) is 0 Å². The van der Waals surface area contributed by atoms with E-state index in [2.05, 4.69) is 9.97 Å². The minimum absolute atomic E-state index is 0.175. The third-order valence-corrected chi connectivity index (χ3v) is 2.55. The molecule has 5 heteroatoms. The molecule has 1 aliphatic carbocycles. The van der Waals surface area contributed by atoms with Crippen LogP contribution in [0.25, 0.3) is 0 Å². The first-order valence-electron chi connectivity index (χ1n) is 4.94. The predicted octanol–water partition coefficient (Wildman–Crippen LogP) is 0.349. The number of H-pyrrole nitrogens is 1. The van der Waals surface area contributed by atoms with E-state index in [0.717, 1.165) is 12.8 Å². The summed E-state index contributed by atoms with van der Waals surface area (Å²) in [5.74, 6) is -0.409. The maximum absolute atomic E-state index is 11.5. The van der Waals surface area contributed by atoms with E-state index in [4.69, 9.17) is 5.11 Å². The summed E-state index contributed by atoms with van der Waals surface area (Å²) in [5, 5.41) is 8.68. The maximum atomic E-state index is 11.5. The number of nitrogens with one attached hydrogen (secondary N) is 1. The average Bonchev–Trinajstić information content (AvgIpc) is 2.94. The Morgan fingerprint density at radius 3 is 2.93 bits per heavy atom. The summed E-state index contributed by atoms with van der Waals surface area (Å²) >= 11 is 0. The van der Waals surface area contributed by atoms with Crippen LogP contribution in [0.15, 0.2) is 11.1 Å². The van der Waals surface area contributed by atoms with Gasteiger partial charge in [0, 0.05) is 5.56 Å². The Balaban J connectivity index is 2.29. The number of rotatable bonds is 4. The summed E-state index contributed by atoms with van der Waals surface area (Å²) < 4.78 is 0. The Bertz CT molecular complexity index is 435. The van der Waals surface area contributed by atoms with Crippen molar-refractivity contribution in [3.8, 4) is 0 Å². The number of carbonyl (C=O) groups is 1. The Morgan fingerprint density at radius 1 is 1.60 bits per heavy atom. The number of aromatic amines is 1. The lowest BCUT2D eigenvalue weighted by atomic mass is 10.1. The highest BCUT2D eigenvalue weighted by Gasteiger charge is 2.25. The molecule has 0 saturated heterocycles. The Hall–Kier alpha value is -1.65. The minimum atomic E-state index is -0.954. The van der Waals surface area contributed by atoms with E-state index in [1.165, 1.54) is 6.33 Å². The minimum Gasteiger partial charge on any atom is -0.481 e. The van der Waals surface area contributed by atoms with E-state index >= 15 is 0 Å². The molecular weight excluding hydrogens is 196 g/mol. The van der Waals surface area contributed by atoms with E-state index in [1.807, 2.05) is 0 Å². The van der Waals surface area contributed by atoms with Crippen molar-refractivity contribution in [2.75, 3.05) is 0 Å². The Labute approximate surface area is 86.2 Å². The number of hydrogen-bond acceptors (Lipinski definition) is 3. The van der Waals surface area contributed by atoms with Crippen molar-refractivity contribution < 1.29 is 9.90 Å². The van der Waals surface area contributed by atoms with Crippen LogP contribution in [0.2, 0.25) is 0 Å². The Kier molecular flexibility index (Phi) is 2.53. The molecule has 1 saturated carbocycles. The quantitative estimate of drug-likeness (QED) is 0.747. The van der Waals surface area contributed by atoms with Crippen LogP contribution >= 0.6 is 0 Å². The number of aromatic nitrogens is 2. The largest absolute Gasteiger partial charge is 0.481 e. The standard InChI is InChI=1S/C10H12N2O3/c13-9(14)4-8-7(3-6-1-2-6)10(15)12-5-11-8/h5-6H,1-4H2,(H,13,14)(H,11,12,15). The van der Waals surface area contributed by atoms with E-state index in [0.29, 0.717) is 23.6 Å². The molecule has 1 aromatic rings. The molecule has 0 aliphatic heterocycles. The summed E-state index contributed by atoms with van der Waals surface area (Å²) in [6, 6.07) is 0. The lowest BCUT2D eigenvalue weighted by Gasteiger charge is -2.03. The van der Waals surface area contributed by atoms with Gasteiger partial charge in [0.2, 0.25) is 0 Å². The van der Waals surface area contributed by atoms with Crippen molar-refractivity contribution in [1.82, 2.24) is 9.97 Å². The number of carboxylic acids is 1. The fraction of sp³-hybridized carbons (Fsp3) is 0.500. The number of carboxylic acid groups (broad SMARTS) is 1. The van der Waals surface area contributed by atoms with Crippen LogP contribution in [-0.4, -0.2) is 21.0 Å². The van der Waals surface area contributed by atoms with Crippen molar-refractivity contribution in [1.29, 1.82) is 0 Å². The second-order valence-corrected chi connectivity index (χ2v) is 3.87. The second-order valence-electron chi connectivity index (χ2n) is 3.87. The van der Waals surface area contributed by atoms with Crippen molar-refractivity contribution >= 4 is 5.97 Å². The molecule has 15 heavy (non-hydrogen) atoms. The van der Waals surface area contributed by atoms with E-state index in [9.17, 15) is 9.59 Å². The molecule has 0 unspecified atom stereocenters. The molecule has 1 aliphatic rings. The van der Waals surface area contributed by atoms with E-state index < -0.39 is 5.97 Å². The van der Waals surface area contributed by atoms with Crippen LogP contribution in [-0.2, 0) is 17.6 Å². The van der Waals surface area contributed by atoms with E-state index in [-0.39, 0.29) is 12.0 Å². The first-order valence-corrected chi connectivity index (χ1v) is 4.94. The van der Waals surface area contributed by atoms with Gasteiger partial charge in [0.1, 0.15) is 0 Å². The topological polar surface area (TPSA) is 83.0 Å². The van der Waals surface area contributed by atoms with Gasteiger partial charge < -0.3 is 10.1 Å². The van der Waals surface area contributed by atoms with Crippen LogP contribution in [0.4, 0.5) is 0 Å². The summed E-state index contributed by atoms with van der Waals surface area (Å²) in [6.07, 6.45) is 4.00. The van der Waals surface area contributed by atoms with Gasteiger partial charge in [-0.05, 0) is 25.2 Å². The number of aliphatic carboxylic acids is 1. The van der Waals surface area contributed by atoms with Crippen LogP contribution in [0.5, 0.6) is 0 Å². The lowest BCUT2D eigenvalue weighted by Crippen LogP contribution is -2.19. The third kappa shape index (κ3) is 2.43. The molecule has 80 valence electrons. The molecule has 0 amide bonds. The zero-order valence-electron chi connectivity index (χ0n) is 8.19. The van der Waals surface area contributed by atoms with Gasteiger partial charge >= 0.3 is 5.97 Å². The SMILES string of the molecule is O=C(O)Cc1nc[nH]c(=O)c1CC1CC1. The molecule has 2 N–H and O–H groups in total. The molecule has 1 aromatic heterocycles. The maximum Gasteiger partial charge on any atom is 0.309 e. The van der Waals surface area contributed by atoms with Gasteiger partial charge in [-0.15, -0.1) is 0 Å². The molecule has 0 atom stereocenters. The average molecular weight is 208 g/mol. The monoisotopic (exact) mass is 208 g/mol. The molecular formula is C10H12N2O3. The fourth-order valence-corrected chi connectivity index (χ4v) is 1.58. The van der Waals surface area contributed by atoms with Crippen molar-refractivity contribution in [3.05, 3.63) is 27.9 Å². The molecule has 0 radical (unpaired) electrons. The third-order valence-electron chi connectivity index (χ3n) is 2.55. The number of nitrogens with zero attached hydrogens (tertiary/aromatic N) is 1. The van der Waals surface area contributed by atoms with Crippen LogP contribution < -0.4 is 5.56 Å².